The molecular weight excluding hydrogens is 282 g/mol. The van der Waals surface area contributed by atoms with Gasteiger partial charge in [0.25, 0.3) is 5.91 Å². The van der Waals surface area contributed by atoms with Crippen LogP contribution in [0.15, 0.2) is 24.3 Å². The van der Waals surface area contributed by atoms with Crippen molar-refractivity contribution in [3.63, 3.8) is 0 Å². The second-order valence-corrected chi connectivity index (χ2v) is 4.89. The number of rotatable bonds is 10. The summed E-state index contributed by atoms with van der Waals surface area (Å²) in [7, 11) is 1.63. The highest BCUT2D eigenvalue weighted by Crippen LogP contribution is 2.10. The SMILES string of the molecule is CCCNC(=O)CNc1cccc(C(=O)NCCCOC)c1. The number of ether oxygens (including phenoxy) is 1. The van der Waals surface area contributed by atoms with Crippen molar-refractivity contribution < 1.29 is 14.3 Å². The third-order valence-corrected chi connectivity index (χ3v) is 2.96. The van der Waals surface area contributed by atoms with Gasteiger partial charge >= 0.3 is 0 Å². The maximum atomic E-state index is 12.0. The Bertz CT molecular complexity index is 477. The zero-order valence-corrected chi connectivity index (χ0v) is 13.3. The quantitative estimate of drug-likeness (QED) is 0.571. The van der Waals surface area contributed by atoms with Crippen LogP contribution in [0.3, 0.4) is 0 Å². The van der Waals surface area contributed by atoms with Gasteiger partial charge in [0.15, 0.2) is 0 Å². The van der Waals surface area contributed by atoms with Gasteiger partial charge in [0.2, 0.25) is 5.91 Å². The summed E-state index contributed by atoms with van der Waals surface area (Å²) in [6.45, 7) is 4.06. The molecule has 122 valence electrons. The molecular formula is C16H25N3O3. The molecule has 0 atom stereocenters. The molecule has 0 fully saturated rings. The summed E-state index contributed by atoms with van der Waals surface area (Å²) in [4.78, 5) is 23.5. The van der Waals surface area contributed by atoms with E-state index in [2.05, 4.69) is 16.0 Å². The molecule has 1 aromatic carbocycles. The molecule has 6 nitrogen and oxygen atoms in total. The highest BCUT2D eigenvalue weighted by molar-refractivity contribution is 5.95. The molecule has 2 amide bonds. The van der Waals surface area contributed by atoms with E-state index in [4.69, 9.17) is 4.74 Å². The standard InChI is InChI=1S/C16H25N3O3/c1-3-8-17-15(20)12-19-14-7-4-6-13(11-14)16(21)18-9-5-10-22-2/h4,6-7,11,19H,3,5,8-10,12H2,1-2H3,(H,17,20)(H,18,21). The maximum Gasteiger partial charge on any atom is 0.251 e. The summed E-state index contributed by atoms with van der Waals surface area (Å²) in [5.74, 6) is -0.188. The van der Waals surface area contributed by atoms with Gasteiger partial charge in [-0.05, 0) is 31.0 Å². The van der Waals surface area contributed by atoms with Crippen molar-refractivity contribution in [3.8, 4) is 0 Å². The van der Waals surface area contributed by atoms with E-state index in [0.717, 1.165) is 18.5 Å². The number of carbonyl (C=O) groups is 2. The molecule has 0 spiro atoms. The predicted octanol–water partition coefficient (Wildman–Crippen LogP) is 1.39. The molecule has 0 unspecified atom stereocenters. The number of hydrogen-bond donors (Lipinski definition) is 3. The first-order valence-corrected chi connectivity index (χ1v) is 7.55. The molecule has 0 aliphatic rings. The smallest absolute Gasteiger partial charge is 0.251 e. The highest BCUT2D eigenvalue weighted by atomic mass is 16.5. The molecule has 0 saturated heterocycles. The second kappa shape index (κ2) is 10.6. The van der Waals surface area contributed by atoms with Crippen LogP contribution in [0.4, 0.5) is 5.69 Å². The van der Waals surface area contributed by atoms with E-state index in [1.54, 1.807) is 25.3 Å². The number of benzene rings is 1. The van der Waals surface area contributed by atoms with Crippen LogP contribution >= 0.6 is 0 Å². The van der Waals surface area contributed by atoms with Crippen LogP contribution in [0.25, 0.3) is 0 Å². The Labute approximate surface area is 131 Å². The van der Waals surface area contributed by atoms with Crippen LogP contribution in [-0.2, 0) is 9.53 Å². The van der Waals surface area contributed by atoms with Crippen molar-refractivity contribution in [2.24, 2.45) is 0 Å². The second-order valence-electron chi connectivity index (χ2n) is 4.89. The maximum absolute atomic E-state index is 12.0. The Hall–Kier alpha value is -2.08. The van der Waals surface area contributed by atoms with Crippen LogP contribution in [0.2, 0.25) is 0 Å². The van der Waals surface area contributed by atoms with Crippen molar-refractivity contribution in [3.05, 3.63) is 29.8 Å². The number of methoxy groups -OCH3 is 1. The van der Waals surface area contributed by atoms with Crippen molar-refractivity contribution in [2.75, 3.05) is 38.7 Å². The molecule has 0 bridgehead atoms. The van der Waals surface area contributed by atoms with Gasteiger partial charge in [-0.25, -0.2) is 0 Å². The lowest BCUT2D eigenvalue weighted by Crippen LogP contribution is -2.30. The minimum Gasteiger partial charge on any atom is -0.385 e. The zero-order chi connectivity index (χ0) is 16.2. The highest BCUT2D eigenvalue weighted by Gasteiger charge is 2.06. The molecule has 6 heteroatoms. The summed E-state index contributed by atoms with van der Waals surface area (Å²) in [5, 5.41) is 8.63. The van der Waals surface area contributed by atoms with E-state index in [0.29, 0.717) is 25.3 Å². The van der Waals surface area contributed by atoms with Gasteiger partial charge in [0.05, 0.1) is 6.54 Å². The number of nitrogens with one attached hydrogen (secondary N) is 3. The Kier molecular flexibility index (Phi) is 8.67. The molecule has 0 heterocycles. The molecule has 0 aromatic heterocycles. The van der Waals surface area contributed by atoms with E-state index < -0.39 is 0 Å². The first-order chi connectivity index (χ1) is 10.7. The molecule has 0 radical (unpaired) electrons. The Morgan fingerprint density at radius 3 is 2.73 bits per heavy atom. The van der Waals surface area contributed by atoms with Crippen molar-refractivity contribution in [1.82, 2.24) is 10.6 Å². The van der Waals surface area contributed by atoms with Crippen LogP contribution in [0.5, 0.6) is 0 Å². The van der Waals surface area contributed by atoms with E-state index in [1.165, 1.54) is 0 Å². The lowest BCUT2D eigenvalue weighted by atomic mass is 10.2. The zero-order valence-electron chi connectivity index (χ0n) is 13.3. The van der Waals surface area contributed by atoms with Gasteiger partial charge in [0, 0.05) is 38.1 Å². The van der Waals surface area contributed by atoms with Crippen LogP contribution in [0.1, 0.15) is 30.1 Å². The minimum absolute atomic E-state index is 0.0590. The van der Waals surface area contributed by atoms with E-state index >= 15 is 0 Å². The van der Waals surface area contributed by atoms with Gasteiger partial charge in [-0.15, -0.1) is 0 Å². The number of anilines is 1. The van der Waals surface area contributed by atoms with Gasteiger partial charge in [-0.2, -0.15) is 0 Å². The molecule has 22 heavy (non-hydrogen) atoms. The van der Waals surface area contributed by atoms with Crippen molar-refractivity contribution >= 4 is 17.5 Å². The normalized spacial score (nSPS) is 10.1. The van der Waals surface area contributed by atoms with Crippen LogP contribution in [-0.4, -0.2) is 45.2 Å². The largest absolute Gasteiger partial charge is 0.385 e. The average Bonchev–Trinajstić information content (AvgIpc) is 2.55. The first kappa shape index (κ1) is 18.0. The van der Waals surface area contributed by atoms with Crippen molar-refractivity contribution in [1.29, 1.82) is 0 Å². The number of carbonyl (C=O) groups excluding carboxylic acids is 2. The van der Waals surface area contributed by atoms with E-state index in [9.17, 15) is 9.59 Å². The molecule has 0 saturated carbocycles. The summed E-state index contributed by atoms with van der Waals surface area (Å²) in [6, 6.07) is 7.10. The van der Waals surface area contributed by atoms with Crippen LogP contribution < -0.4 is 16.0 Å². The Morgan fingerprint density at radius 1 is 1.18 bits per heavy atom. The molecule has 0 aliphatic heterocycles. The van der Waals surface area contributed by atoms with Gasteiger partial charge in [-0.1, -0.05) is 13.0 Å². The lowest BCUT2D eigenvalue weighted by Gasteiger charge is -2.09. The Morgan fingerprint density at radius 2 is 2.00 bits per heavy atom. The van der Waals surface area contributed by atoms with Gasteiger partial charge in [0.1, 0.15) is 0 Å². The first-order valence-electron chi connectivity index (χ1n) is 7.55. The minimum atomic E-state index is -0.129. The Balaban J connectivity index is 2.44. The monoisotopic (exact) mass is 307 g/mol. The third kappa shape index (κ3) is 7.08. The fourth-order valence-corrected chi connectivity index (χ4v) is 1.80. The predicted molar refractivity (Wildman–Crippen MR) is 87.1 cm³/mol. The number of hydrogen-bond acceptors (Lipinski definition) is 4. The van der Waals surface area contributed by atoms with Gasteiger partial charge in [-0.3, -0.25) is 9.59 Å². The summed E-state index contributed by atoms with van der Waals surface area (Å²) < 4.78 is 4.93. The fraction of sp³-hybridized carbons (Fsp3) is 0.500. The molecule has 3 N–H and O–H groups in total. The fourth-order valence-electron chi connectivity index (χ4n) is 1.80. The van der Waals surface area contributed by atoms with Crippen molar-refractivity contribution in [2.45, 2.75) is 19.8 Å². The third-order valence-electron chi connectivity index (χ3n) is 2.96. The average molecular weight is 307 g/mol. The van der Waals surface area contributed by atoms with E-state index in [1.807, 2.05) is 13.0 Å². The summed E-state index contributed by atoms with van der Waals surface area (Å²) >= 11 is 0. The summed E-state index contributed by atoms with van der Waals surface area (Å²) in [6.07, 6.45) is 1.68. The topological polar surface area (TPSA) is 79.5 Å². The molecule has 1 rings (SSSR count). The molecule has 1 aromatic rings. The summed E-state index contributed by atoms with van der Waals surface area (Å²) in [5.41, 5.74) is 1.31. The number of amides is 2. The lowest BCUT2D eigenvalue weighted by molar-refractivity contribution is -0.119. The van der Waals surface area contributed by atoms with E-state index in [-0.39, 0.29) is 18.4 Å². The van der Waals surface area contributed by atoms with Gasteiger partial charge < -0.3 is 20.7 Å². The molecule has 0 aliphatic carbocycles. The van der Waals surface area contributed by atoms with Crippen LogP contribution in [0, 0.1) is 0 Å².